The number of rotatable bonds is 4. The fourth-order valence-corrected chi connectivity index (χ4v) is 3.56. The van der Waals surface area contributed by atoms with Gasteiger partial charge in [-0.15, -0.1) is 0 Å². The summed E-state index contributed by atoms with van der Waals surface area (Å²) in [5.74, 6) is 1.09. The largest absolute Gasteiger partial charge is 0.347 e. The molecule has 2 saturated heterocycles. The summed E-state index contributed by atoms with van der Waals surface area (Å²) >= 11 is 0. The molecule has 18 heavy (non-hydrogen) atoms. The van der Waals surface area contributed by atoms with Crippen LogP contribution < -0.4 is 5.32 Å². The lowest BCUT2D eigenvalue weighted by Gasteiger charge is -2.34. The molecule has 3 rings (SSSR count). The average molecular weight is 248 g/mol. The highest BCUT2D eigenvalue weighted by molar-refractivity contribution is 5.00. The minimum absolute atomic E-state index is 0.381. The van der Waals surface area contributed by atoms with E-state index in [9.17, 15) is 0 Å². The highest BCUT2D eigenvalue weighted by Crippen LogP contribution is 2.29. The molecule has 0 spiro atoms. The van der Waals surface area contributed by atoms with Crippen molar-refractivity contribution in [1.82, 2.24) is 20.2 Å². The Morgan fingerprint density at radius 2 is 2.39 bits per heavy atom. The second kappa shape index (κ2) is 5.41. The normalized spacial score (nSPS) is 30.3. The third-order valence-corrected chi connectivity index (χ3v) is 4.53. The smallest absolute Gasteiger partial charge is 0.123 e. The van der Waals surface area contributed by atoms with Crippen LogP contribution in [0.25, 0.3) is 0 Å². The predicted octanol–water partition coefficient (Wildman–Crippen LogP) is 2.08. The molecule has 3 unspecified atom stereocenters. The van der Waals surface area contributed by atoms with Crippen LogP contribution in [0.4, 0.5) is 0 Å². The first-order valence-corrected chi connectivity index (χ1v) is 7.38. The maximum absolute atomic E-state index is 4.40. The summed E-state index contributed by atoms with van der Waals surface area (Å²) in [6.07, 6.45) is 10.3. The molecule has 0 amide bonds. The van der Waals surface area contributed by atoms with Crippen LogP contribution in [0.5, 0.6) is 0 Å². The van der Waals surface area contributed by atoms with E-state index in [0.29, 0.717) is 12.1 Å². The summed E-state index contributed by atoms with van der Waals surface area (Å²) < 4.78 is 0. The molecule has 0 bridgehead atoms. The first-order valence-electron chi connectivity index (χ1n) is 7.38. The van der Waals surface area contributed by atoms with Gasteiger partial charge in [-0.05, 0) is 32.2 Å². The van der Waals surface area contributed by atoms with E-state index in [0.717, 1.165) is 18.3 Å². The molecule has 100 valence electrons. The van der Waals surface area contributed by atoms with Crippen LogP contribution in [0.1, 0.15) is 50.9 Å². The molecule has 3 heterocycles. The first-order chi connectivity index (χ1) is 8.88. The molecule has 0 aliphatic carbocycles. The molecule has 2 aliphatic rings. The van der Waals surface area contributed by atoms with Crippen LogP contribution in [-0.2, 0) is 0 Å². The van der Waals surface area contributed by atoms with Gasteiger partial charge in [-0.25, -0.2) is 4.98 Å². The van der Waals surface area contributed by atoms with Crippen LogP contribution in [-0.4, -0.2) is 40.0 Å². The van der Waals surface area contributed by atoms with Crippen LogP contribution in [0, 0.1) is 0 Å². The van der Waals surface area contributed by atoms with Crippen LogP contribution in [0.15, 0.2) is 12.4 Å². The molecular weight excluding hydrogens is 224 g/mol. The minimum Gasteiger partial charge on any atom is -0.347 e. The highest BCUT2D eigenvalue weighted by Gasteiger charge is 2.36. The maximum atomic E-state index is 4.40. The third-order valence-electron chi connectivity index (χ3n) is 4.53. The second-order valence-electron chi connectivity index (χ2n) is 5.60. The van der Waals surface area contributed by atoms with Crippen LogP contribution in [0.3, 0.4) is 0 Å². The summed E-state index contributed by atoms with van der Waals surface area (Å²) in [7, 11) is 0. The standard InChI is InChI=1S/C14H24N4/c1-2-11(14-15-7-8-16-14)17-12-6-10-18-9-4-3-5-13(12)18/h7-8,11-13,17H,2-6,9-10H2,1H3,(H,15,16). The van der Waals surface area contributed by atoms with Gasteiger partial charge in [0.05, 0.1) is 6.04 Å². The number of aromatic nitrogens is 2. The Bertz CT molecular complexity index is 362. The molecule has 0 radical (unpaired) electrons. The van der Waals surface area contributed by atoms with E-state index in [-0.39, 0.29) is 0 Å². The van der Waals surface area contributed by atoms with Gasteiger partial charge in [0.2, 0.25) is 0 Å². The van der Waals surface area contributed by atoms with E-state index in [1.807, 2.05) is 12.4 Å². The fourth-order valence-electron chi connectivity index (χ4n) is 3.56. The van der Waals surface area contributed by atoms with Gasteiger partial charge < -0.3 is 10.3 Å². The molecule has 4 nitrogen and oxygen atoms in total. The lowest BCUT2D eigenvalue weighted by molar-refractivity contribution is 0.175. The Morgan fingerprint density at radius 1 is 1.44 bits per heavy atom. The average Bonchev–Trinajstić information content (AvgIpc) is 3.06. The van der Waals surface area contributed by atoms with Gasteiger partial charge in [-0.3, -0.25) is 4.90 Å². The molecule has 2 fully saturated rings. The van der Waals surface area contributed by atoms with Crippen LogP contribution in [0.2, 0.25) is 0 Å². The Hall–Kier alpha value is -0.870. The summed E-state index contributed by atoms with van der Waals surface area (Å²) in [5, 5.41) is 3.83. The maximum Gasteiger partial charge on any atom is 0.123 e. The predicted molar refractivity (Wildman–Crippen MR) is 72.4 cm³/mol. The number of H-pyrrole nitrogens is 1. The lowest BCUT2D eigenvalue weighted by atomic mass is 9.98. The number of imidazole rings is 1. The lowest BCUT2D eigenvalue weighted by Crippen LogP contribution is -2.46. The number of hydrogen-bond acceptors (Lipinski definition) is 3. The zero-order valence-electron chi connectivity index (χ0n) is 11.2. The van der Waals surface area contributed by atoms with Crippen molar-refractivity contribution in [3.05, 3.63) is 18.2 Å². The van der Waals surface area contributed by atoms with Crippen molar-refractivity contribution < 1.29 is 0 Å². The third kappa shape index (κ3) is 2.31. The first kappa shape index (κ1) is 12.2. The molecule has 1 aromatic rings. The zero-order valence-corrected chi connectivity index (χ0v) is 11.2. The SMILES string of the molecule is CCC(NC1CCN2CCCCC12)c1ncc[nH]1. The second-order valence-corrected chi connectivity index (χ2v) is 5.60. The number of aromatic amines is 1. The Balaban J connectivity index is 1.65. The van der Waals surface area contributed by atoms with E-state index in [4.69, 9.17) is 0 Å². The van der Waals surface area contributed by atoms with Gasteiger partial charge in [0, 0.05) is 31.0 Å². The summed E-state index contributed by atoms with van der Waals surface area (Å²) in [6, 6.07) is 1.80. The molecule has 0 aromatic carbocycles. The van der Waals surface area contributed by atoms with Gasteiger partial charge in [-0.1, -0.05) is 13.3 Å². The number of nitrogens with zero attached hydrogens (tertiary/aromatic N) is 2. The van der Waals surface area contributed by atoms with E-state index in [1.165, 1.54) is 38.8 Å². The number of piperidine rings is 1. The van der Waals surface area contributed by atoms with Crippen molar-refractivity contribution in [2.75, 3.05) is 13.1 Å². The topological polar surface area (TPSA) is 44.0 Å². The Kier molecular flexibility index (Phi) is 3.66. The van der Waals surface area contributed by atoms with E-state index in [1.54, 1.807) is 0 Å². The summed E-state index contributed by atoms with van der Waals surface area (Å²) in [5.41, 5.74) is 0. The van der Waals surface area contributed by atoms with Gasteiger partial charge >= 0.3 is 0 Å². The molecule has 2 aliphatic heterocycles. The molecule has 1 aromatic heterocycles. The van der Waals surface area contributed by atoms with E-state index < -0.39 is 0 Å². The zero-order chi connectivity index (χ0) is 12.4. The fraction of sp³-hybridized carbons (Fsp3) is 0.786. The van der Waals surface area contributed by atoms with E-state index >= 15 is 0 Å². The van der Waals surface area contributed by atoms with Crippen molar-refractivity contribution >= 4 is 0 Å². The van der Waals surface area contributed by atoms with Crippen molar-refractivity contribution in [3.63, 3.8) is 0 Å². The highest BCUT2D eigenvalue weighted by atomic mass is 15.2. The summed E-state index contributed by atoms with van der Waals surface area (Å²) in [6.45, 7) is 4.81. The minimum atomic E-state index is 0.381. The number of hydrogen-bond donors (Lipinski definition) is 2. The Morgan fingerprint density at radius 3 is 3.17 bits per heavy atom. The molecule has 4 heteroatoms. The van der Waals surface area contributed by atoms with Crippen molar-refractivity contribution in [1.29, 1.82) is 0 Å². The van der Waals surface area contributed by atoms with Gasteiger partial charge in [0.25, 0.3) is 0 Å². The van der Waals surface area contributed by atoms with Gasteiger partial charge in [-0.2, -0.15) is 0 Å². The Labute approximate surface area is 109 Å². The molecular formula is C14H24N4. The molecule has 3 atom stereocenters. The van der Waals surface area contributed by atoms with Gasteiger partial charge in [0.1, 0.15) is 5.82 Å². The van der Waals surface area contributed by atoms with Gasteiger partial charge in [0.15, 0.2) is 0 Å². The quantitative estimate of drug-likeness (QED) is 0.857. The van der Waals surface area contributed by atoms with Crippen molar-refractivity contribution in [2.24, 2.45) is 0 Å². The summed E-state index contributed by atoms with van der Waals surface area (Å²) in [4.78, 5) is 10.3. The number of fused-ring (bicyclic) bond motifs is 1. The van der Waals surface area contributed by atoms with Crippen LogP contribution >= 0.6 is 0 Å². The van der Waals surface area contributed by atoms with E-state index in [2.05, 4.69) is 27.1 Å². The number of nitrogens with one attached hydrogen (secondary N) is 2. The monoisotopic (exact) mass is 248 g/mol. The van der Waals surface area contributed by atoms with Crippen molar-refractivity contribution in [2.45, 2.75) is 57.2 Å². The molecule has 0 saturated carbocycles. The molecule has 2 N–H and O–H groups in total. The van der Waals surface area contributed by atoms with Crippen molar-refractivity contribution in [3.8, 4) is 0 Å².